The minimum Gasteiger partial charge on any atom is -0.305 e. The average molecular weight is 214 g/mol. The Bertz CT molecular complexity index is 300. The second-order valence-corrected chi connectivity index (χ2v) is 4.76. The third-order valence-electron chi connectivity index (χ3n) is 2.61. The summed E-state index contributed by atoms with van der Waals surface area (Å²) >= 11 is 1.64. The summed E-state index contributed by atoms with van der Waals surface area (Å²) in [6.45, 7) is 2.69. The number of alkyl halides is 1. The smallest absolute Gasteiger partial charge is 0.115 e. The maximum absolute atomic E-state index is 13.2. The zero-order valence-corrected chi connectivity index (χ0v) is 9.11. The Balaban J connectivity index is 1.82. The van der Waals surface area contributed by atoms with Crippen LogP contribution in [0.4, 0.5) is 4.39 Å². The Hall–Kier alpha value is -0.480. The standard InChI is InChI=1S/C10H15FN2S/c1-7-6-14-10(13-7)5-12-9-4-2-3-8(9)11/h6,8-9,12H,2-5H2,1H3/t8-,9+/m0/s1. The first-order valence-electron chi connectivity index (χ1n) is 5.04. The fraction of sp³-hybridized carbons (Fsp3) is 0.700. The highest BCUT2D eigenvalue weighted by molar-refractivity contribution is 7.09. The van der Waals surface area contributed by atoms with Gasteiger partial charge in [0.2, 0.25) is 0 Å². The maximum Gasteiger partial charge on any atom is 0.115 e. The maximum atomic E-state index is 13.2. The minimum absolute atomic E-state index is 0.0548. The highest BCUT2D eigenvalue weighted by Crippen LogP contribution is 2.22. The molecule has 1 fully saturated rings. The van der Waals surface area contributed by atoms with E-state index >= 15 is 0 Å². The molecule has 0 aromatic carbocycles. The van der Waals surface area contributed by atoms with E-state index in [0.29, 0.717) is 13.0 Å². The number of rotatable bonds is 3. The van der Waals surface area contributed by atoms with Gasteiger partial charge in [-0.2, -0.15) is 0 Å². The molecule has 2 rings (SSSR count). The number of hydrogen-bond acceptors (Lipinski definition) is 3. The Labute approximate surface area is 87.6 Å². The van der Waals surface area contributed by atoms with Crippen molar-refractivity contribution in [2.45, 2.75) is 44.9 Å². The fourth-order valence-corrected chi connectivity index (χ4v) is 2.57. The predicted molar refractivity (Wildman–Crippen MR) is 56.2 cm³/mol. The van der Waals surface area contributed by atoms with Crippen molar-refractivity contribution in [3.05, 3.63) is 16.1 Å². The topological polar surface area (TPSA) is 24.9 Å². The molecule has 0 unspecified atom stereocenters. The molecule has 1 saturated carbocycles. The van der Waals surface area contributed by atoms with Crippen LogP contribution in [0.2, 0.25) is 0 Å². The van der Waals surface area contributed by atoms with E-state index in [1.54, 1.807) is 11.3 Å². The molecule has 1 aliphatic rings. The largest absolute Gasteiger partial charge is 0.305 e. The normalized spacial score (nSPS) is 27.0. The molecule has 0 saturated heterocycles. The molecular formula is C10H15FN2S. The zero-order valence-electron chi connectivity index (χ0n) is 8.29. The second-order valence-electron chi connectivity index (χ2n) is 3.82. The monoisotopic (exact) mass is 214 g/mol. The minimum atomic E-state index is -0.656. The van der Waals surface area contributed by atoms with Gasteiger partial charge in [-0.1, -0.05) is 0 Å². The molecule has 1 N–H and O–H groups in total. The van der Waals surface area contributed by atoms with Crippen molar-refractivity contribution >= 4 is 11.3 Å². The van der Waals surface area contributed by atoms with Crippen molar-refractivity contribution in [1.82, 2.24) is 10.3 Å². The quantitative estimate of drug-likeness (QED) is 0.836. The summed E-state index contributed by atoms with van der Waals surface area (Å²) in [6.07, 6.45) is 2.03. The van der Waals surface area contributed by atoms with Gasteiger partial charge in [0.1, 0.15) is 11.2 Å². The highest BCUT2D eigenvalue weighted by atomic mass is 32.1. The number of nitrogens with one attached hydrogen (secondary N) is 1. The lowest BCUT2D eigenvalue weighted by atomic mass is 10.2. The number of thiazole rings is 1. The van der Waals surface area contributed by atoms with Crippen LogP contribution in [0, 0.1) is 6.92 Å². The Kier molecular flexibility index (Phi) is 3.13. The van der Waals surface area contributed by atoms with Gasteiger partial charge in [0.15, 0.2) is 0 Å². The van der Waals surface area contributed by atoms with E-state index < -0.39 is 6.17 Å². The Morgan fingerprint density at radius 3 is 3.07 bits per heavy atom. The van der Waals surface area contributed by atoms with Gasteiger partial charge in [-0.05, 0) is 26.2 Å². The first-order chi connectivity index (χ1) is 6.75. The molecule has 78 valence electrons. The summed E-state index contributed by atoms with van der Waals surface area (Å²) < 4.78 is 13.2. The molecule has 0 radical (unpaired) electrons. The zero-order chi connectivity index (χ0) is 9.97. The van der Waals surface area contributed by atoms with Crippen molar-refractivity contribution in [2.24, 2.45) is 0 Å². The molecule has 2 atom stereocenters. The van der Waals surface area contributed by atoms with Crippen molar-refractivity contribution in [3.63, 3.8) is 0 Å². The molecule has 0 bridgehead atoms. The summed E-state index contributed by atoms with van der Waals surface area (Å²) in [4.78, 5) is 4.33. The molecule has 14 heavy (non-hydrogen) atoms. The SMILES string of the molecule is Cc1csc(CN[C@@H]2CCC[C@@H]2F)n1. The van der Waals surface area contributed by atoms with Crippen LogP contribution in [-0.4, -0.2) is 17.2 Å². The molecule has 1 aromatic rings. The van der Waals surface area contributed by atoms with Crippen LogP contribution in [0.5, 0.6) is 0 Å². The van der Waals surface area contributed by atoms with Gasteiger partial charge >= 0.3 is 0 Å². The molecule has 0 spiro atoms. The van der Waals surface area contributed by atoms with Crippen molar-refractivity contribution in [1.29, 1.82) is 0 Å². The second kappa shape index (κ2) is 4.36. The van der Waals surface area contributed by atoms with Crippen LogP contribution >= 0.6 is 11.3 Å². The first kappa shape index (κ1) is 10.1. The van der Waals surface area contributed by atoms with Crippen LogP contribution in [0.1, 0.15) is 30.0 Å². The van der Waals surface area contributed by atoms with Gasteiger partial charge in [0, 0.05) is 23.7 Å². The van der Waals surface area contributed by atoms with E-state index in [1.807, 2.05) is 12.3 Å². The number of halogens is 1. The first-order valence-corrected chi connectivity index (χ1v) is 5.92. The van der Waals surface area contributed by atoms with Crippen molar-refractivity contribution < 1.29 is 4.39 Å². The summed E-state index contributed by atoms with van der Waals surface area (Å²) in [7, 11) is 0. The number of nitrogens with zero attached hydrogens (tertiary/aromatic N) is 1. The van der Waals surface area contributed by atoms with E-state index in [-0.39, 0.29) is 6.04 Å². The third-order valence-corrected chi connectivity index (χ3v) is 3.58. The Morgan fingerprint density at radius 2 is 2.50 bits per heavy atom. The predicted octanol–water partition coefficient (Wildman–Crippen LogP) is 2.43. The molecule has 1 aliphatic carbocycles. The van der Waals surface area contributed by atoms with E-state index in [4.69, 9.17) is 0 Å². The van der Waals surface area contributed by atoms with Gasteiger partial charge < -0.3 is 5.32 Å². The molecule has 1 heterocycles. The molecule has 4 heteroatoms. The van der Waals surface area contributed by atoms with E-state index in [2.05, 4.69) is 10.3 Å². The fourth-order valence-electron chi connectivity index (χ4n) is 1.85. The number of hydrogen-bond donors (Lipinski definition) is 1. The lowest BCUT2D eigenvalue weighted by molar-refractivity contribution is 0.279. The van der Waals surface area contributed by atoms with Gasteiger partial charge in [0.25, 0.3) is 0 Å². The van der Waals surface area contributed by atoms with Crippen LogP contribution in [0.3, 0.4) is 0 Å². The third kappa shape index (κ3) is 2.30. The lowest BCUT2D eigenvalue weighted by Crippen LogP contribution is -2.32. The lowest BCUT2D eigenvalue weighted by Gasteiger charge is -2.13. The van der Waals surface area contributed by atoms with Crippen LogP contribution in [-0.2, 0) is 6.54 Å². The molecule has 0 aliphatic heterocycles. The van der Waals surface area contributed by atoms with Gasteiger partial charge in [-0.25, -0.2) is 9.37 Å². The molecule has 1 aromatic heterocycles. The van der Waals surface area contributed by atoms with Crippen LogP contribution in [0.25, 0.3) is 0 Å². The number of aryl methyl sites for hydroxylation is 1. The van der Waals surface area contributed by atoms with E-state index in [9.17, 15) is 4.39 Å². The highest BCUT2D eigenvalue weighted by Gasteiger charge is 2.26. The van der Waals surface area contributed by atoms with Gasteiger partial charge in [-0.3, -0.25) is 0 Å². The summed E-state index contributed by atoms with van der Waals surface area (Å²) in [5.74, 6) is 0. The average Bonchev–Trinajstić information content (AvgIpc) is 2.72. The van der Waals surface area contributed by atoms with Crippen molar-refractivity contribution in [2.75, 3.05) is 0 Å². The number of aromatic nitrogens is 1. The van der Waals surface area contributed by atoms with Crippen LogP contribution in [0.15, 0.2) is 5.38 Å². The van der Waals surface area contributed by atoms with Gasteiger partial charge in [0.05, 0.1) is 0 Å². The Morgan fingerprint density at radius 1 is 1.64 bits per heavy atom. The summed E-state index contributed by atoms with van der Waals surface area (Å²) in [5.41, 5.74) is 1.05. The van der Waals surface area contributed by atoms with E-state index in [0.717, 1.165) is 23.5 Å². The molecular weight excluding hydrogens is 199 g/mol. The molecule has 2 nitrogen and oxygen atoms in total. The van der Waals surface area contributed by atoms with Crippen LogP contribution < -0.4 is 5.32 Å². The summed E-state index contributed by atoms with van der Waals surface area (Å²) in [5, 5.41) is 6.32. The van der Waals surface area contributed by atoms with E-state index in [1.165, 1.54) is 0 Å². The van der Waals surface area contributed by atoms with Crippen molar-refractivity contribution in [3.8, 4) is 0 Å². The summed E-state index contributed by atoms with van der Waals surface area (Å²) in [6, 6.07) is 0.0548. The van der Waals surface area contributed by atoms with Gasteiger partial charge in [-0.15, -0.1) is 11.3 Å². The molecule has 0 amide bonds.